The molecule has 1 unspecified atom stereocenters. The van der Waals surface area contributed by atoms with E-state index < -0.39 is 0 Å². The molecule has 0 radical (unpaired) electrons. The van der Waals surface area contributed by atoms with Crippen LogP contribution < -0.4 is 10.6 Å². The zero-order chi connectivity index (χ0) is 14.5. The van der Waals surface area contributed by atoms with Gasteiger partial charge in [0.2, 0.25) is 0 Å². The molecule has 0 saturated carbocycles. The fourth-order valence-electron chi connectivity index (χ4n) is 2.53. The van der Waals surface area contributed by atoms with Gasteiger partial charge in [-0.2, -0.15) is 0 Å². The number of aryl methyl sites for hydroxylation is 1. The number of aromatic nitrogens is 2. The minimum atomic E-state index is -0.0562. The van der Waals surface area contributed by atoms with Gasteiger partial charge in [0, 0.05) is 12.7 Å². The molecule has 2 rings (SSSR count). The molecule has 0 aliphatic carbocycles. The molecule has 1 amide bonds. The van der Waals surface area contributed by atoms with Crippen LogP contribution in [0.4, 0.5) is 0 Å². The van der Waals surface area contributed by atoms with E-state index in [1.807, 2.05) is 20.8 Å². The van der Waals surface area contributed by atoms with Gasteiger partial charge >= 0.3 is 0 Å². The van der Waals surface area contributed by atoms with Crippen LogP contribution in [-0.2, 0) is 0 Å². The summed E-state index contributed by atoms with van der Waals surface area (Å²) in [5.74, 6) is 1.40. The zero-order valence-corrected chi connectivity index (χ0v) is 13.8. The summed E-state index contributed by atoms with van der Waals surface area (Å²) in [5.41, 5.74) is 1.44. The highest BCUT2D eigenvalue weighted by Crippen LogP contribution is 2.17. The lowest BCUT2D eigenvalue weighted by atomic mass is 9.99. The van der Waals surface area contributed by atoms with Crippen LogP contribution in [0.2, 0.25) is 0 Å². The summed E-state index contributed by atoms with van der Waals surface area (Å²) < 4.78 is 0. The van der Waals surface area contributed by atoms with Crippen LogP contribution in [0, 0.1) is 12.8 Å². The molecule has 1 aromatic rings. The molecule has 0 bridgehead atoms. The third-order valence-corrected chi connectivity index (χ3v) is 3.68. The number of rotatable bonds is 4. The Morgan fingerprint density at radius 2 is 2.29 bits per heavy atom. The first-order chi connectivity index (χ1) is 9.58. The van der Waals surface area contributed by atoms with E-state index in [0.29, 0.717) is 17.3 Å². The number of carbonyl (C=O) groups is 1. The summed E-state index contributed by atoms with van der Waals surface area (Å²) >= 11 is 0. The topological polar surface area (TPSA) is 66.9 Å². The third-order valence-electron chi connectivity index (χ3n) is 3.68. The Morgan fingerprint density at radius 3 is 2.90 bits per heavy atom. The molecule has 0 spiro atoms. The summed E-state index contributed by atoms with van der Waals surface area (Å²) in [4.78, 5) is 20.9. The van der Waals surface area contributed by atoms with Crippen LogP contribution >= 0.6 is 12.4 Å². The highest BCUT2D eigenvalue weighted by atomic mass is 35.5. The smallest absolute Gasteiger partial charge is 0.254 e. The minimum Gasteiger partial charge on any atom is -0.352 e. The third kappa shape index (κ3) is 4.93. The number of carbonyl (C=O) groups excluding carboxylic acids is 1. The van der Waals surface area contributed by atoms with Crippen molar-refractivity contribution in [1.29, 1.82) is 0 Å². The SMILES string of the molecule is Cc1ncc(C(=O)NCC2CCCNC2)c(C(C)C)n1.Cl. The van der Waals surface area contributed by atoms with Gasteiger partial charge in [0.05, 0.1) is 11.3 Å². The lowest BCUT2D eigenvalue weighted by Crippen LogP contribution is -2.38. The molecule has 2 N–H and O–H groups in total. The van der Waals surface area contributed by atoms with Crippen LogP contribution in [-0.4, -0.2) is 35.5 Å². The Balaban J connectivity index is 0.00000220. The van der Waals surface area contributed by atoms with Gasteiger partial charge in [-0.05, 0) is 44.7 Å². The van der Waals surface area contributed by atoms with Gasteiger partial charge in [-0.3, -0.25) is 4.79 Å². The van der Waals surface area contributed by atoms with Crippen molar-refractivity contribution in [3.8, 4) is 0 Å². The van der Waals surface area contributed by atoms with E-state index in [1.54, 1.807) is 6.20 Å². The van der Waals surface area contributed by atoms with Gasteiger partial charge in [-0.25, -0.2) is 9.97 Å². The summed E-state index contributed by atoms with van der Waals surface area (Å²) in [5, 5.41) is 6.38. The summed E-state index contributed by atoms with van der Waals surface area (Å²) in [6.07, 6.45) is 4.01. The number of nitrogens with zero attached hydrogens (tertiary/aromatic N) is 2. The van der Waals surface area contributed by atoms with Crippen LogP contribution in [0.5, 0.6) is 0 Å². The Bertz CT molecular complexity index is 473. The first kappa shape index (κ1) is 17.9. The molecular weight excluding hydrogens is 288 g/mol. The number of hydrogen-bond acceptors (Lipinski definition) is 4. The first-order valence-electron chi connectivity index (χ1n) is 7.40. The lowest BCUT2D eigenvalue weighted by molar-refractivity contribution is 0.0942. The average Bonchev–Trinajstić information content (AvgIpc) is 2.45. The molecular formula is C15H25ClN4O. The lowest BCUT2D eigenvalue weighted by Gasteiger charge is -2.23. The normalized spacial score (nSPS) is 18.2. The fraction of sp³-hybridized carbons (Fsp3) is 0.667. The Labute approximate surface area is 132 Å². The van der Waals surface area contributed by atoms with Crippen molar-refractivity contribution in [3.63, 3.8) is 0 Å². The first-order valence-corrected chi connectivity index (χ1v) is 7.40. The largest absolute Gasteiger partial charge is 0.352 e. The number of hydrogen-bond donors (Lipinski definition) is 2. The van der Waals surface area contributed by atoms with Crippen LogP contribution in [0.25, 0.3) is 0 Å². The molecule has 2 heterocycles. The van der Waals surface area contributed by atoms with E-state index in [9.17, 15) is 4.79 Å². The molecule has 0 aromatic carbocycles. The molecule has 1 aromatic heterocycles. The average molecular weight is 313 g/mol. The van der Waals surface area contributed by atoms with Gasteiger partial charge in [-0.15, -0.1) is 12.4 Å². The maximum atomic E-state index is 12.3. The molecule has 1 saturated heterocycles. The Morgan fingerprint density at radius 1 is 1.52 bits per heavy atom. The quantitative estimate of drug-likeness (QED) is 0.893. The fourth-order valence-corrected chi connectivity index (χ4v) is 2.53. The standard InChI is InChI=1S/C15H24N4O.ClH/c1-10(2)14-13(9-17-11(3)19-14)15(20)18-8-12-5-4-6-16-7-12;/h9-10,12,16H,4-8H2,1-3H3,(H,18,20);1H. The van der Waals surface area contributed by atoms with Crippen molar-refractivity contribution in [2.45, 2.75) is 39.5 Å². The molecule has 118 valence electrons. The van der Waals surface area contributed by atoms with E-state index in [0.717, 1.165) is 25.3 Å². The molecule has 1 atom stereocenters. The van der Waals surface area contributed by atoms with E-state index >= 15 is 0 Å². The van der Waals surface area contributed by atoms with Gasteiger partial charge in [0.15, 0.2) is 0 Å². The zero-order valence-electron chi connectivity index (χ0n) is 13.0. The number of piperidine rings is 1. The van der Waals surface area contributed by atoms with Crippen molar-refractivity contribution < 1.29 is 4.79 Å². The summed E-state index contributed by atoms with van der Waals surface area (Å²) in [7, 11) is 0. The maximum Gasteiger partial charge on any atom is 0.254 e. The highest BCUT2D eigenvalue weighted by molar-refractivity contribution is 5.95. The van der Waals surface area contributed by atoms with Crippen molar-refractivity contribution in [1.82, 2.24) is 20.6 Å². The van der Waals surface area contributed by atoms with Gasteiger partial charge in [0.25, 0.3) is 5.91 Å². The highest BCUT2D eigenvalue weighted by Gasteiger charge is 2.18. The molecule has 1 fully saturated rings. The van der Waals surface area contributed by atoms with Gasteiger partial charge in [-0.1, -0.05) is 13.8 Å². The molecule has 1 aliphatic rings. The van der Waals surface area contributed by atoms with E-state index in [4.69, 9.17) is 0 Å². The molecule has 6 heteroatoms. The van der Waals surface area contributed by atoms with Crippen LogP contribution in [0.3, 0.4) is 0 Å². The minimum absolute atomic E-state index is 0. The maximum absolute atomic E-state index is 12.3. The second kappa shape index (κ2) is 8.29. The summed E-state index contributed by atoms with van der Waals surface area (Å²) in [6.45, 7) is 8.74. The second-order valence-corrected chi connectivity index (χ2v) is 5.79. The van der Waals surface area contributed by atoms with E-state index in [1.165, 1.54) is 12.8 Å². The van der Waals surface area contributed by atoms with Gasteiger partial charge < -0.3 is 10.6 Å². The van der Waals surface area contributed by atoms with Crippen LogP contribution in [0.15, 0.2) is 6.20 Å². The van der Waals surface area contributed by atoms with Crippen molar-refractivity contribution in [2.75, 3.05) is 19.6 Å². The van der Waals surface area contributed by atoms with Crippen molar-refractivity contribution in [2.24, 2.45) is 5.92 Å². The Hall–Kier alpha value is -1.20. The van der Waals surface area contributed by atoms with Gasteiger partial charge in [0.1, 0.15) is 5.82 Å². The number of amides is 1. The predicted molar refractivity (Wildman–Crippen MR) is 86.0 cm³/mol. The predicted octanol–water partition coefficient (Wildman–Crippen LogP) is 2.06. The van der Waals surface area contributed by atoms with Crippen molar-refractivity contribution in [3.05, 3.63) is 23.3 Å². The Kier molecular flexibility index (Phi) is 7.05. The summed E-state index contributed by atoms with van der Waals surface area (Å²) in [6, 6.07) is 0. The molecule has 21 heavy (non-hydrogen) atoms. The number of nitrogens with one attached hydrogen (secondary N) is 2. The van der Waals surface area contributed by atoms with Crippen LogP contribution in [0.1, 0.15) is 54.5 Å². The number of halogens is 1. The van der Waals surface area contributed by atoms with E-state index in [-0.39, 0.29) is 24.2 Å². The van der Waals surface area contributed by atoms with E-state index in [2.05, 4.69) is 20.6 Å². The second-order valence-electron chi connectivity index (χ2n) is 5.79. The molecule has 1 aliphatic heterocycles. The molecule has 5 nitrogen and oxygen atoms in total. The van der Waals surface area contributed by atoms with Crippen molar-refractivity contribution >= 4 is 18.3 Å². The monoisotopic (exact) mass is 312 g/mol.